The van der Waals surface area contributed by atoms with E-state index in [9.17, 15) is 9.59 Å². The van der Waals surface area contributed by atoms with E-state index in [1.54, 1.807) is 0 Å². The monoisotopic (exact) mass is 340 g/mol. The summed E-state index contributed by atoms with van der Waals surface area (Å²) in [4.78, 5) is 22.5. The molecule has 0 saturated carbocycles. The Morgan fingerprint density at radius 1 is 1.00 bits per heavy atom. The van der Waals surface area contributed by atoms with E-state index in [0.29, 0.717) is 0 Å². The maximum absolute atomic E-state index is 11.6. The van der Waals surface area contributed by atoms with Crippen LogP contribution in [0, 0.1) is 0 Å². The lowest BCUT2D eigenvalue weighted by molar-refractivity contribution is -0.140. The molecule has 0 bridgehead atoms. The van der Waals surface area contributed by atoms with Gasteiger partial charge in [0.1, 0.15) is 4.83 Å². The van der Waals surface area contributed by atoms with Crippen LogP contribution in [0.5, 0.6) is 0 Å². The highest BCUT2D eigenvalue weighted by Gasteiger charge is 2.28. The number of hydrogen-bond acceptors (Lipinski definition) is 4. The van der Waals surface area contributed by atoms with Crippen LogP contribution in [0.1, 0.15) is 6.42 Å². The van der Waals surface area contributed by atoms with Gasteiger partial charge in [0.05, 0.1) is 6.42 Å². The molecule has 0 radical (unpaired) electrons. The summed E-state index contributed by atoms with van der Waals surface area (Å²) >= 11 is 3.17. The second-order valence-electron chi connectivity index (χ2n) is 5.79. The molecule has 0 N–H and O–H groups in total. The van der Waals surface area contributed by atoms with Gasteiger partial charge in [0.25, 0.3) is 5.97 Å². The normalized spacial score (nSPS) is 14.1. The van der Waals surface area contributed by atoms with Gasteiger partial charge in [-0.25, -0.2) is 0 Å². The lowest BCUT2D eigenvalue weighted by atomic mass is 10.3. The summed E-state index contributed by atoms with van der Waals surface area (Å²) in [6.07, 6.45) is 0.0214. The topological polar surface area (TPSA) is 52.6 Å². The standard InChI is InChI=1S/C10H21BrO4Si2/c1-16(2,3)14-9(12)7-8(11)10(13)15-17(4,5)6/h8H,7H2,1-6H3. The van der Waals surface area contributed by atoms with Crippen molar-refractivity contribution >= 4 is 44.5 Å². The molecular formula is C10H21BrO4Si2. The SMILES string of the molecule is C[Si](C)(C)OC(=O)CC(Br)C(=O)O[Si](C)(C)C. The molecule has 0 aromatic rings. The predicted octanol–water partition coefficient (Wildman–Crippen LogP) is 2.90. The minimum atomic E-state index is -1.90. The molecular weight excluding hydrogens is 320 g/mol. The first-order valence-corrected chi connectivity index (χ1v) is 13.2. The fourth-order valence-corrected chi connectivity index (χ4v) is 3.02. The molecule has 4 nitrogen and oxygen atoms in total. The highest BCUT2D eigenvalue weighted by Crippen LogP contribution is 2.15. The minimum absolute atomic E-state index is 0.0214. The van der Waals surface area contributed by atoms with Crippen LogP contribution in [0.3, 0.4) is 0 Å². The maximum Gasteiger partial charge on any atom is 0.307 e. The number of hydrogen-bond donors (Lipinski definition) is 0. The van der Waals surface area contributed by atoms with Gasteiger partial charge in [-0.3, -0.25) is 9.59 Å². The van der Waals surface area contributed by atoms with Crippen molar-refractivity contribution in [3.05, 3.63) is 0 Å². The zero-order valence-corrected chi connectivity index (χ0v) is 14.9. The summed E-state index contributed by atoms with van der Waals surface area (Å²) in [6, 6.07) is 0. The Hall–Kier alpha value is -0.146. The molecule has 17 heavy (non-hydrogen) atoms. The van der Waals surface area contributed by atoms with E-state index in [-0.39, 0.29) is 18.4 Å². The summed E-state index contributed by atoms with van der Waals surface area (Å²) in [5, 5.41) is 0. The summed E-state index contributed by atoms with van der Waals surface area (Å²) < 4.78 is 10.5. The van der Waals surface area contributed by atoms with E-state index >= 15 is 0 Å². The van der Waals surface area contributed by atoms with Crippen molar-refractivity contribution in [1.29, 1.82) is 0 Å². The van der Waals surface area contributed by atoms with Crippen LogP contribution in [0.15, 0.2) is 0 Å². The molecule has 0 fully saturated rings. The summed E-state index contributed by atoms with van der Waals surface area (Å²) in [5.41, 5.74) is 0. The van der Waals surface area contributed by atoms with E-state index in [4.69, 9.17) is 8.85 Å². The van der Waals surface area contributed by atoms with Crippen LogP contribution in [0.25, 0.3) is 0 Å². The predicted molar refractivity (Wildman–Crippen MR) is 76.2 cm³/mol. The van der Waals surface area contributed by atoms with Crippen LogP contribution in [-0.4, -0.2) is 33.4 Å². The van der Waals surface area contributed by atoms with Crippen molar-refractivity contribution in [1.82, 2.24) is 0 Å². The Labute approximate surface area is 113 Å². The van der Waals surface area contributed by atoms with Crippen molar-refractivity contribution in [2.24, 2.45) is 0 Å². The van der Waals surface area contributed by atoms with Gasteiger partial charge in [-0.15, -0.1) is 0 Å². The van der Waals surface area contributed by atoms with Crippen LogP contribution in [0.2, 0.25) is 39.3 Å². The van der Waals surface area contributed by atoms with Crippen LogP contribution < -0.4 is 0 Å². The molecule has 1 atom stereocenters. The molecule has 0 saturated heterocycles. The lowest BCUT2D eigenvalue weighted by Crippen LogP contribution is -2.35. The maximum atomic E-state index is 11.6. The molecule has 0 aliphatic rings. The lowest BCUT2D eigenvalue weighted by Gasteiger charge is -2.21. The highest BCUT2D eigenvalue weighted by atomic mass is 79.9. The quantitative estimate of drug-likeness (QED) is 0.570. The van der Waals surface area contributed by atoms with Gasteiger partial charge in [0, 0.05) is 0 Å². The third kappa shape index (κ3) is 9.55. The molecule has 0 aliphatic carbocycles. The number of carbonyl (C=O) groups excluding carboxylic acids is 2. The van der Waals surface area contributed by atoms with Crippen molar-refractivity contribution in [3.63, 3.8) is 0 Å². The largest absolute Gasteiger partial charge is 0.520 e. The number of carbonyl (C=O) groups is 2. The zero-order chi connectivity index (χ0) is 13.9. The van der Waals surface area contributed by atoms with E-state index < -0.39 is 21.5 Å². The van der Waals surface area contributed by atoms with Gasteiger partial charge < -0.3 is 8.85 Å². The molecule has 0 amide bonds. The first-order valence-electron chi connectivity index (χ1n) is 5.49. The smallest absolute Gasteiger partial charge is 0.307 e. The van der Waals surface area contributed by atoms with Crippen molar-refractivity contribution in [2.75, 3.05) is 0 Å². The molecule has 0 aromatic carbocycles. The highest BCUT2D eigenvalue weighted by molar-refractivity contribution is 9.10. The van der Waals surface area contributed by atoms with Gasteiger partial charge in [0.15, 0.2) is 0 Å². The minimum Gasteiger partial charge on any atom is -0.520 e. The van der Waals surface area contributed by atoms with Gasteiger partial charge in [-0.1, -0.05) is 15.9 Å². The Morgan fingerprint density at radius 3 is 1.76 bits per heavy atom. The summed E-state index contributed by atoms with van der Waals surface area (Å²) in [6.45, 7) is 11.5. The van der Waals surface area contributed by atoms with Crippen molar-refractivity contribution < 1.29 is 18.4 Å². The average Bonchev–Trinajstić information content (AvgIpc) is 1.95. The molecule has 0 aliphatic heterocycles. The molecule has 0 aromatic heterocycles. The van der Waals surface area contributed by atoms with E-state index in [1.165, 1.54) is 0 Å². The van der Waals surface area contributed by atoms with E-state index in [1.807, 2.05) is 39.3 Å². The van der Waals surface area contributed by atoms with E-state index in [0.717, 1.165) is 0 Å². The van der Waals surface area contributed by atoms with Gasteiger partial charge in [0.2, 0.25) is 16.6 Å². The van der Waals surface area contributed by atoms with E-state index in [2.05, 4.69) is 15.9 Å². The van der Waals surface area contributed by atoms with Gasteiger partial charge in [-0.2, -0.15) is 0 Å². The fourth-order valence-electron chi connectivity index (χ4n) is 0.979. The molecule has 7 heteroatoms. The Balaban J connectivity index is 4.22. The second kappa shape index (κ2) is 6.15. The van der Waals surface area contributed by atoms with Crippen LogP contribution in [0.4, 0.5) is 0 Å². The Bertz CT molecular complexity index is 294. The van der Waals surface area contributed by atoms with Crippen LogP contribution in [-0.2, 0) is 18.4 Å². The third-order valence-electron chi connectivity index (χ3n) is 1.43. The number of rotatable bonds is 5. The van der Waals surface area contributed by atoms with Crippen LogP contribution >= 0.6 is 15.9 Å². The second-order valence-corrected chi connectivity index (χ2v) is 15.8. The van der Waals surface area contributed by atoms with Crippen molar-refractivity contribution in [2.45, 2.75) is 50.5 Å². The Kier molecular flexibility index (Phi) is 6.09. The first-order chi connectivity index (χ1) is 7.41. The number of halogens is 1. The average molecular weight is 341 g/mol. The van der Waals surface area contributed by atoms with Gasteiger partial charge in [-0.05, 0) is 39.3 Å². The molecule has 100 valence electrons. The number of alkyl halides is 1. The Morgan fingerprint density at radius 2 is 1.41 bits per heavy atom. The molecule has 0 rings (SSSR count). The first kappa shape index (κ1) is 16.9. The fraction of sp³-hybridized carbons (Fsp3) is 0.800. The van der Waals surface area contributed by atoms with Crippen molar-refractivity contribution in [3.8, 4) is 0 Å². The third-order valence-corrected chi connectivity index (χ3v) is 3.78. The molecule has 0 spiro atoms. The molecule has 0 heterocycles. The molecule has 1 unspecified atom stereocenters. The zero-order valence-electron chi connectivity index (χ0n) is 11.3. The summed E-state index contributed by atoms with van der Waals surface area (Å²) in [5.74, 6) is -0.727. The van der Waals surface area contributed by atoms with Gasteiger partial charge >= 0.3 is 5.97 Å². The summed E-state index contributed by atoms with van der Waals surface area (Å²) in [7, 11) is -3.79.